The van der Waals surface area contributed by atoms with Gasteiger partial charge in [0.1, 0.15) is 11.5 Å². The maximum absolute atomic E-state index is 11.8. The summed E-state index contributed by atoms with van der Waals surface area (Å²) in [6.07, 6.45) is 4.31. The van der Waals surface area contributed by atoms with Gasteiger partial charge in [-0.25, -0.2) is 0 Å². The summed E-state index contributed by atoms with van der Waals surface area (Å²) in [7, 11) is 0. The molecule has 2 atom stereocenters. The van der Waals surface area contributed by atoms with E-state index in [1.165, 1.54) is 0 Å². The number of carbonyl (C=O) groups excluding carboxylic acids is 4. The second-order valence-corrected chi connectivity index (χ2v) is 8.59. The molecule has 4 amide bonds. The number of carbonyl (C=O) groups is 4. The van der Waals surface area contributed by atoms with Crippen molar-refractivity contribution in [2.45, 2.75) is 50.4 Å². The lowest BCUT2D eigenvalue weighted by Crippen LogP contribution is -2.21. The van der Waals surface area contributed by atoms with Crippen molar-refractivity contribution in [2.75, 3.05) is 13.2 Å². The Morgan fingerprint density at radius 2 is 0.971 bits per heavy atom. The van der Waals surface area contributed by atoms with Crippen LogP contribution in [0.5, 0.6) is 11.5 Å². The minimum Gasteiger partial charge on any atom is -0.494 e. The summed E-state index contributed by atoms with van der Waals surface area (Å²) in [5.74, 6) is -0.244. The highest BCUT2D eigenvalue weighted by molar-refractivity contribution is 6.06. The van der Waals surface area contributed by atoms with Crippen molar-refractivity contribution in [3.63, 3.8) is 0 Å². The molecular weight excluding hydrogens is 436 g/mol. The zero-order valence-electron chi connectivity index (χ0n) is 18.9. The average Bonchev–Trinajstić information content (AvgIpc) is 3.35. The van der Waals surface area contributed by atoms with E-state index >= 15 is 0 Å². The second kappa shape index (κ2) is 11.0. The fourth-order valence-electron chi connectivity index (χ4n) is 4.18. The predicted octanol–water partition coefficient (Wildman–Crippen LogP) is 2.97. The first-order chi connectivity index (χ1) is 16.5. The van der Waals surface area contributed by atoms with Crippen molar-refractivity contribution < 1.29 is 28.7 Å². The topological polar surface area (TPSA) is 111 Å². The van der Waals surface area contributed by atoms with E-state index in [2.05, 4.69) is 10.6 Å². The van der Waals surface area contributed by atoms with Crippen LogP contribution in [-0.4, -0.2) is 36.8 Å². The fourth-order valence-corrected chi connectivity index (χ4v) is 4.18. The van der Waals surface area contributed by atoms with Crippen molar-refractivity contribution in [2.24, 2.45) is 0 Å². The minimum absolute atomic E-state index is 0.204. The summed E-state index contributed by atoms with van der Waals surface area (Å²) in [6, 6.07) is 14.7. The molecule has 8 heteroatoms. The Morgan fingerprint density at radius 3 is 1.29 bits per heavy atom. The van der Waals surface area contributed by atoms with Crippen LogP contribution >= 0.6 is 0 Å². The van der Waals surface area contributed by atoms with Crippen molar-refractivity contribution in [3.05, 3.63) is 59.7 Å². The molecule has 4 rings (SSSR count). The maximum atomic E-state index is 11.8. The Balaban J connectivity index is 1.07. The Morgan fingerprint density at radius 1 is 0.588 bits per heavy atom. The largest absolute Gasteiger partial charge is 0.494 e. The van der Waals surface area contributed by atoms with E-state index < -0.39 is 11.8 Å². The van der Waals surface area contributed by atoms with E-state index in [9.17, 15) is 19.2 Å². The van der Waals surface area contributed by atoms with Gasteiger partial charge in [0.25, 0.3) is 0 Å². The molecule has 2 saturated heterocycles. The molecule has 2 fully saturated rings. The zero-order chi connectivity index (χ0) is 23.9. The van der Waals surface area contributed by atoms with E-state index in [0.717, 1.165) is 48.3 Å². The third-order valence-corrected chi connectivity index (χ3v) is 6.08. The molecule has 2 unspecified atom stereocenters. The molecule has 2 heterocycles. The number of hydrogen-bond donors (Lipinski definition) is 2. The first-order valence-electron chi connectivity index (χ1n) is 11.6. The number of imide groups is 2. The van der Waals surface area contributed by atoms with Gasteiger partial charge in [-0.3, -0.25) is 29.8 Å². The normalized spacial score (nSPS) is 19.8. The van der Waals surface area contributed by atoms with Crippen LogP contribution in [0.25, 0.3) is 0 Å². The van der Waals surface area contributed by atoms with Crippen LogP contribution in [0.1, 0.15) is 61.5 Å². The molecule has 8 nitrogen and oxygen atoms in total. The fraction of sp³-hybridized carbons (Fsp3) is 0.385. The Bertz CT molecular complexity index is 962. The number of amides is 4. The standard InChI is InChI=1S/C26H28N2O6/c29-23-15-21(25(31)27-23)17-5-9-19(10-6-17)33-13-3-1-2-4-14-34-20-11-7-18(8-12-20)22-16-24(30)28-26(22)32/h5-12,21-22H,1-4,13-16H2,(H,27,29,31)(H,28,30,32). The number of benzene rings is 2. The lowest BCUT2D eigenvalue weighted by atomic mass is 9.98. The predicted molar refractivity (Wildman–Crippen MR) is 123 cm³/mol. The molecule has 2 aliphatic rings. The maximum Gasteiger partial charge on any atom is 0.234 e. The first-order valence-corrected chi connectivity index (χ1v) is 11.6. The van der Waals surface area contributed by atoms with Crippen molar-refractivity contribution >= 4 is 23.6 Å². The van der Waals surface area contributed by atoms with Crippen LogP contribution in [0, 0.1) is 0 Å². The van der Waals surface area contributed by atoms with Gasteiger partial charge in [-0.2, -0.15) is 0 Å². The molecule has 178 valence electrons. The van der Waals surface area contributed by atoms with E-state index in [1.807, 2.05) is 48.5 Å². The number of ether oxygens (including phenoxy) is 2. The van der Waals surface area contributed by atoms with Gasteiger partial charge in [0.2, 0.25) is 23.6 Å². The number of rotatable bonds is 11. The zero-order valence-corrected chi connectivity index (χ0v) is 18.9. The van der Waals surface area contributed by atoms with Crippen molar-refractivity contribution in [1.29, 1.82) is 0 Å². The van der Waals surface area contributed by atoms with Crippen LogP contribution < -0.4 is 20.1 Å². The molecule has 2 aromatic carbocycles. The van der Waals surface area contributed by atoms with Gasteiger partial charge in [0, 0.05) is 12.8 Å². The van der Waals surface area contributed by atoms with Crippen LogP contribution in [0.15, 0.2) is 48.5 Å². The summed E-state index contributed by atoms with van der Waals surface area (Å²) >= 11 is 0. The molecule has 0 spiro atoms. The number of unbranched alkanes of at least 4 members (excludes halogenated alkanes) is 3. The van der Waals surface area contributed by atoms with E-state index in [0.29, 0.717) is 13.2 Å². The minimum atomic E-state index is -0.402. The third kappa shape index (κ3) is 6.01. The summed E-state index contributed by atoms with van der Waals surface area (Å²) < 4.78 is 11.5. The molecule has 0 aromatic heterocycles. The Hall–Kier alpha value is -3.68. The van der Waals surface area contributed by atoms with Crippen LogP contribution in [0.3, 0.4) is 0 Å². The van der Waals surface area contributed by atoms with E-state index in [1.54, 1.807) is 0 Å². The number of hydrogen-bond acceptors (Lipinski definition) is 6. The second-order valence-electron chi connectivity index (χ2n) is 8.59. The first kappa shape index (κ1) is 23.5. The van der Waals surface area contributed by atoms with Crippen molar-refractivity contribution in [1.82, 2.24) is 10.6 Å². The van der Waals surface area contributed by atoms with Gasteiger partial charge < -0.3 is 9.47 Å². The third-order valence-electron chi connectivity index (χ3n) is 6.08. The van der Waals surface area contributed by atoms with E-state index in [4.69, 9.17) is 9.47 Å². The molecule has 0 aliphatic carbocycles. The lowest BCUT2D eigenvalue weighted by Gasteiger charge is -2.10. The molecule has 0 bridgehead atoms. The van der Waals surface area contributed by atoms with E-state index in [-0.39, 0.29) is 36.5 Å². The monoisotopic (exact) mass is 464 g/mol. The summed E-state index contributed by atoms with van der Waals surface area (Å²) in [4.78, 5) is 46.2. The smallest absolute Gasteiger partial charge is 0.234 e. The summed E-state index contributed by atoms with van der Waals surface area (Å²) in [5, 5.41) is 4.65. The Labute approximate surface area is 198 Å². The van der Waals surface area contributed by atoms with Crippen molar-refractivity contribution in [3.8, 4) is 11.5 Å². The molecule has 2 N–H and O–H groups in total. The molecular formula is C26H28N2O6. The Kier molecular flexibility index (Phi) is 7.57. The van der Waals surface area contributed by atoms with Gasteiger partial charge in [-0.05, 0) is 61.1 Å². The van der Waals surface area contributed by atoms with Crippen LogP contribution in [0.2, 0.25) is 0 Å². The number of nitrogens with one attached hydrogen (secondary N) is 2. The highest BCUT2D eigenvalue weighted by Crippen LogP contribution is 2.27. The average molecular weight is 465 g/mol. The van der Waals surface area contributed by atoms with Gasteiger partial charge >= 0.3 is 0 Å². The molecule has 34 heavy (non-hydrogen) atoms. The van der Waals surface area contributed by atoms with Gasteiger partial charge in [-0.1, -0.05) is 24.3 Å². The van der Waals surface area contributed by atoms with Crippen LogP contribution in [-0.2, 0) is 19.2 Å². The summed E-state index contributed by atoms with van der Waals surface area (Å²) in [5.41, 5.74) is 1.65. The van der Waals surface area contributed by atoms with Gasteiger partial charge in [0.15, 0.2) is 0 Å². The summed E-state index contributed by atoms with van der Waals surface area (Å²) in [6.45, 7) is 1.22. The highest BCUT2D eigenvalue weighted by atomic mass is 16.5. The molecule has 0 radical (unpaired) electrons. The molecule has 0 saturated carbocycles. The van der Waals surface area contributed by atoms with Gasteiger partial charge in [-0.15, -0.1) is 0 Å². The molecule has 2 aliphatic heterocycles. The quantitative estimate of drug-likeness (QED) is 0.391. The lowest BCUT2D eigenvalue weighted by molar-refractivity contribution is -0.126. The highest BCUT2D eigenvalue weighted by Gasteiger charge is 2.32. The van der Waals surface area contributed by atoms with Gasteiger partial charge in [0.05, 0.1) is 25.0 Å². The van der Waals surface area contributed by atoms with Crippen LogP contribution in [0.4, 0.5) is 0 Å². The SMILES string of the molecule is O=C1CC(c2ccc(OCCCCCCOc3ccc(C4CC(=O)NC4=O)cc3)cc2)C(=O)N1. The molecule has 2 aromatic rings.